The van der Waals surface area contributed by atoms with Gasteiger partial charge in [-0.3, -0.25) is 0 Å². The van der Waals surface area contributed by atoms with E-state index in [1.54, 1.807) is 6.20 Å². The highest BCUT2D eigenvalue weighted by atomic mass is 16.5. The molecule has 1 N–H and O–H groups in total. The molecule has 5 nitrogen and oxygen atoms in total. The van der Waals surface area contributed by atoms with Gasteiger partial charge in [-0.2, -0.15) is 10.2 Å². The van der Waals surface area contributed by atoms with Gasteiger partial charge in [-0.25, -0.2) is 0 Å². The van der Waals surface area contributed by atoms with Crippen LogP contribution in [0.2, 0.25) is 0 Å². The van der Waals surface area contributed by atoms with Crippen molar-refractivity contribution in [1.29, 1.82) is 0 Å². The number of likely N-dealkylation sites (tertiary alicyclic amines) is 1. The van der Waals surface area contributed by atoms with Gasteiger partial charge >= 0.3 is 0 Å². The van der Waals surface area contributed by atoms with Crippen LogP contribution >= 0.6 is 0 Å². The van der Waals surface area contributed by atoms with Crippen LogP contribution in [-0.2, 0) is 10.3 Å². The Balaban J connectivity index is 1.80. The maximum Gasteiger partial charge on any atom is 0.124 e. The molecule has 1 aromatic heterocycles. The van der Waals surface area contributed by atoms with E-state index in [1.807, 2.05) is 6.07 Å². The summed E-state index contributed by atoms with van der Waals surface area (Å²) in [5.41, 5.74) is 3.53. The Labute approximate surface area is 173 Å². The smallest absolute Gasteiger partial charge is 0.124 e. The van der Waals surface area contributed by atoms with Crippen LogP contribution in [0.4, 0.5) is 0 Å². The van der Waals surface area contributed by atoms with Gasteiger partial charge in [-0.1, -0.05) is 51.1 Å². The monoisotopic (exact) mass is 393 g/mol. The van der Waals surface area contributed by atoms with Crippen LogP contribution in [0.5, 0.6) is 0 Å². The molecule has 5 heteroatoms. The predicted octanol–water partition coefficient (Wildman–Crippen LogP) is 3.59. The van der Waals surface area contributed by atoms with Crippen molar-refractivity contribution >= 4 is 5.57 Å². The predicted molar refractivity (Wildman–Crippen MR) is 115 cm³/mol. The quantitative estimate of drug-likeness (QED) is 0.841. The highest BCUT2D eigenvalue weighted by molar-refractivity contribution is 5.64. The molecule has 0 spiro atoms. The zero-order valence-electron chi connectivity index (χ0n) is 17.9. The van der Waals surface area contributed by atoms with Gasteiger partial charge in [-0.15, -0.1) is 0 Å². The Hall–Kier alpha value is -2.08. The van der Waals surface area contributed by atoms with Gasteiger partial charge in [0.15, 0.2) is 0 Å². The molecular weight excluding hydrogens is 362 g/mol. The van der Waals surface area contributed by atoms with Crippen molar-refractivity contribution in [2.24, 2.45) is 5.41 Å². The number of ether oxygens (including phenoxy) is 1. The maximum atomic E-state index is 12.3. The molecule has 2 aromatic rings. The average molecular weight is 394 g/mol. The number of rotatable bonds is 5. The normalized spacial score (nSPS) is 21.4. The van der Waals surface area contributed by atoms with E-state index in [2.05, 4.69) is 73.3 Å². The summed E-state index contributed by atoms with van der Waals surface area (Å²) in [5.74, 6) is 0.456. The maximum absolute atomic E-state index is 12.3. The van der Waals surface area contributed by atoms with E-state index in [1.165, 1.54) is 5.56 Å². The SMILES string of the molecule is CC(C)c1ccc(C(O)(c2cnnc(C3=CCOCC3)c2)C2(C)CN(C)C2)cc1. The fourth-order valence-electron chi connectivity index (χ4n) is 4.83. The summed E-state index contributed by atoms with van der Waals surface area (Å²) in [6.45, 7) is 9.48. The molecule has 0 amide bonds. The summed E-state index contributed by atoms with van der Waals surface area (Å²) in [6, 6.07) is 10.4. The summed E-state index contributed by atoms with van der Waals surface area (Å²) in [7, 11) is 2.09. The second kappa shape index (κ2) is 7.63. The summed E-state index contributed by atoms with van der Waals surface area (Å²) in [5, 5.41) is 20.9. The zero-order valence-corrected chi connectivity index (χ0v) is 17.9. The van der Waals surface area contributed by atoms with Gasteiger partial charge in [0.05, 0.1) is 25.1 Å². The van der Waals surface area contributed by atoms with Crippen molar-refractivity contribution < 1.29 is 9.84 Å². The van der Waals surface area contributed by atoms with E-state index in [9.17, 15) is 5.11 Å². The van der Waals surface area contributed by atoms with Gasteiger partial charge in [0.1, 0.15) is 5.60 Å². The lowest BCUT2D eigenvalue weighted by atomic mass is 9.62. The van der Waals surface area contributed by atoms with Crippen molar-refractivity contribution in [3.8, 4) is 0 Å². The van der Waals surface area contributed by atoms with Crippen LogP contribution < -0.4 is 0 Å². The van der Waals surface area contributed by atoms with E-state index >= 15 is 0 Å². The summed E-state index contributed by atoms with van der Waals surface area (Å²) in [4.78, 5) is 2.24. The van der Waals surface area contributed by atoms with Gasteiger partial charge in [0.25, 0.3) is 0 Å². The molecule has 154 valence electrons. The molecular formula is C24H31N3O2. The fraction of sp³-hybridized carbons (Fsp3) is 0.500. The first kappa shape index (κ1) is 20.2. The van der Waals surface area contributed by atoms with Crippen LogP contribution in [0.25, 0.3) is 5.57 Å². The molecule has 0 radical (unpaired) electrons. The van der Waals surface area contributed by atoms with Crippen LogP contribution in [0.1, 0.15) is 55.5 Å². The second-order valence-corrected chi connectivity index (χ2v) is 9.10. The van der Waals surface area contributed by atoms with Crippen molar-refractivity contribution in [1.82, 2.24) is 15.1 Å². The summed E-state index contributed by atoms with van der Waals surface area (Å²) < 4.78 is 5.43. The van der Waals surface area contributed by atoms with Crippen molar-refractivity contribution in [2.75, 3.05) is 33.4 Å². The minimum Gasteiger partial charge on any atom is -0.380 e. The Morgan fingerprint density at radius 3 is 2.48 bits per heavy atom. The summed E-state index contributed by atoms with van der Waals surface area (Å²) in [6.07, 6.45) is 4.61. The molecule has 2 aliphatic rings. The number of hydrogen-bond acceptors (Lipinski definition) is 5. The topological polar surface area (TPSA) is 58.5 Å². The molecule has 4 rings (SSSR count). The van der Waals surface area contributed by atoms with Crippen LogP contribution in [-0.4, -0.2) is 53.6 Å². The van der Waals surface area contributed by atoms with Crippen LogP contribution in [0.15, 0.2) is 42.6 Å². The van der Waals surface area contributed by atoms with E-state index in [0.29, 0.717) is 19.1 Å². The number of nitrogens with zero attached hydrogens (tertiary/aromatic N) is 3. The summed E-state index contributed by atoms with van der Waals surface area (Å²) >= 11 is 0. The molecule has 2 aliphatic heterocycles. The lowest BCUT2D eigenvalue weighted by molar-refractivity contribution is -0.127. The number of hydrogen-bond donors (Lipinski definition) is 1. The molecule has 1 atom stereocenters. The van der Waals surface area contributed by atoms with Crippen LogP contribution in [0, 0.1) is 5.41 Å². The molecule has 1 saturated heterocycles. The molecule has 0 bridgehead atoms. The average Bonchev–Trinajstić information content (AvgIpc) is 2.73. The highest BCUT2D eigenvalue weighted by Gasteiger charge is 2.55. The lowest BCUT2D eigenvalue weighted by Gasteiger charge is -2.55. The van der Waals surface area contributed by atoms with Gasteiger partial charge in [0.2, 0.25) is 0 Å². The van der Waals surface area contributed by atoms with E-state index < -0.39 is 5.60 Å². The largest absolute Gasteiger partial charge is 0.380 e. The van der Waals surface area contributed by atoms with Crippen molar-refractivity contribution in [3.63, 3.8) is 0 Å². The van der Waals surface area contributed by atoms with Gasteiger partial charge < -0.3 is 14.7 Å². The van der Waals surface area contributed by atoms with Crippen molar-refractivity contribution in [2.45, 2.75) is 38.7 Å². The molecule has 0 aliphatic carbocycles. The zero-order chi connectivity index (χ0) is 20.6. The Morgan fingerprint density at radius 1 is 1.17 bits per heavy atom. The fourth-order valence-corrected chi connectivity index (χ4v) is 4.83. The lowest BCUT2D eigenvalue weighted by Crippen LogP contribution is -2.63. The third-order valence-corrected chi connectivity index (χ3v) is 6.47. The highest BCUT2D eigenvalue weighted by Crippen LogP contribution is 2.50. The minimum absolute atomic E-state index is 0.300. The molecule has 29 heavy (non-hydrogen) atoms. The van der Waals surface area contributed by atoms with Gasteiger partial charge in [-0.05, 0) is 42.2 Å². The first-order valence-corrected chi connectivity index (χ1v) is 10.5. The second-order valence-electron chi connectivity index (χ2n) is 9.10. The standard InChI is InChI=1S/C24H31N3O2/c1-17(2)18-5-7-20(8-6-18)24(28,23(3)15-27(4)16-23)21-13-22(26-25-14-21)19-9-11-29-12-10-19/h5-9,13-14,17,28H,10-12,15-16H2,1-4H3. The number of aliphatic hydroxyl groups is 1. The number of benzene rings is 1. The molecule has 1 fully saturated rings. The first-order chi connectivity index (χ1) is 13.8. The van der Waals surface area contributed by atoms with Crippen LogP contribution in [0.3, 0.4) is 0 Å². The molecule has 0 saturated carbocycles. The molecule has 3 heterocycles. The van der Waals surface area contributed by atoms with Gasteiger partial charge in [0, 0.05) is 24.1 Å². The van der Waals surface area contributed by atoms with E-state index in [4.69, 9.17) is 4.74 Å². The molecule has 1 aromatic carbocycles. The Kier molecular flexibility index (Phi) is 5.32. The van der Waals surface area contributed by atoms with E-state index in [0.717, 1.165) is 41.9 Å². The Bertz CT molecular complexity index is 901. The van der Waals surface area contributed by atoms with E-state index in [-0.39, 0.29) is 5.41 Å². The third kappa shape index (κ3) is 3.52. The Morgan fingerprint density at radius 2 is 1.90 bits per heavy atom. The first-order valence-electron chi connectivity index (χ1n) is 10.5. The third-order valence-electron chi connectivity index (χ3n) is 6.47. The molecule has 1 unspecified atom stereocenters. The number of aromatic nitrogens is 2. The minimum atomic E-state index is -1.13. The van der Waals surface area contributed by atoms with Crippen molar-refractivity contribution in [3.05, 3.63) is 65.0 Å².